The molecule has 3 aromatic rings. The molecule has 10 nitrogen and oxygen atoms in total. The van der Waals surface area contributed by atoms with Crippen LogP contribution in [0.1, 0.15) is 44.4 Å². The number of anilines is 6. The monoisotopic (exact) mass is 657 g/mol. The van der Waals surface area contributed by atoms with Crippen LogP contribution >= 0.6 is 0 Å². The van der Waals surface area contributed by atoms with Crippen LogP contribution in [-0.2, 0) is 14.8 Å². The maximum absolute atomic E-state index is 11.0. The molecule has 0 aliphatic carbocycles. The summed E-state index contributed by atoms with van der Waals surface area (Å²) in [5.41, 5.74) is 26.6. The second kappa shape index (κ2) is 20.5. The number of nitrogens with zero attached hydrogens (tertiary/aromatic N) is 3. The molecule has 0 radical (unpaired) electrons. The first-order valence-corrected chi connectivity index (χ1v) is 17.9. The van der Waals surface area contributed by atoms with Gasteiger partial charge in [-0.1, -0.05) is 0 Å². The van der Waals surface area contributed by atoms with E-state index >= 15 is 0 Å². The van der Waals surface area contributed by atoms with Gasteiger partial charge in [0.2, 0.25) is 10.0 Å². The van der Waals surface area contributed by atoms with Gasteiger partial charge in [0.25, 0.3) is 0 Å². The Hall–Kier alpha value is -3.67. The normalized spacial score (nSPS) is 10.7. The van der Waals surface area contributed by atoms with Crippen LogP contribution in [0.15, 0.2) is 54.6 Å². The number of nitrogens with one attached hydrogen (secondary N) is 1. The zero-order valence-electron chi connectivity index (χ0n) is 29.6. The number of nitrogens with two attached hydrogens (primary N) is 3. The molecule has 11 heteroatoms. The number of nitrogen functional groups attached to an aromatic ring is 3. The van der Waals surface area contributed by atoms with E-state index in [0.717, 1.165) is 85.0 Å². The third-order valence-corrected chi connectivity index (χ3v) is 8.42. The predicted molar refractivity (Wildman–Crippen MR) is 201 cm³/mol. The molecule has 0 aliphatic rings. The number of rotatable bonds is 14. The summed E-state index contributed by atoms with van der Waals surface area (Å²) in [5.74, 6) is 0. The number of hydrogen-bond donors (Lipinski definition) is 4. The standard InChI is InChI=1S/C12H21N3O2S.C12H20N2O.C11H18N2/c1-4-15(8-7-14-18(3,16)17)11-5-6-12(13)10(2)9-11;1-4-14(7-8-15-3)11-5-6-12(13)10(2)9-11;1-4-13(5-2)10-6-7-11(12)9(3)8-10/h5-6,9,14H,4,7-8,13H2,1-3H3;5-6,9H,4,7-8,13H2,1-3H3;6-8H,4-5,12H2,1-3H3. The number of hydrogen-bond acceptors (Lipinski definition) is 9. The lowest BCUT2D eigenvalue weighted by molar-refractivity contribution is 0.205. The molecular formula is C35H59N7O3S. The average molecular weight is 658 g/mol. The van der Waals surface area contributed by atoms with Crippen molar-refractivity contribution in [2.24, 2.45) is 0 Å². The molecule has 0 aromatic heterocycles. The van der Waals surface area contributed by atoms with Crippen LogP contribution in [0.5, 0.6) is 0 Å². The number of likely N-dealkylation sites (N-methyl/N-ethyl adjacent to an activating group) is 2. The summed E-state index contributed by atoms with van der Waals surface area (Å²) in [6, 6.07) is 18.2. The number of sulfonamides is 1. The molecule has 0 saturated heterocycles. The number of benzene rings is 3. The van der Waals surface area contributed by atoms with Gasteiger partial charge in [0.15, 0.2) is 0 Å². The van der Waals surface area contributed by atoms with Gasteiger partial charge in [-0.2, -0.15) is 0 Å². The Kier molecular flexibility index (Phi) is 17.9. The average Bonchev–Trinajstić information content (AvgIpc) is 3.01. The lowest BCUT2D eigenvalue weighted by atomic mass is 10.1. The summed E-state index contributed by atoms with van der Waals surface area (Å²) < 4.78 is 29.6. The van der Waals surface area contributed by atoms with Crippen LogP contribution in [0.25, 0.3) is 0 Å². The van der Waals surface area contributed by atoms with E-state index in [2.05, 4.69) is 64.5 Å². The lowest BCUT2D eigenvalue weighted by Crippen LogP contribution is -2.34. The van der Waals surface area contributed by atoms with E-state index in [1.54, 1.807) is 7.11 Å². The summed E-state index contributed by atoms with van der Waals surface area (Å²) >= 11 is 0. The van der Waals surface area contributed by atoms with Crippen molar-refractivity contribution in [2.75, 3.05) is 97.7 Å². The van der Waals surface area contributed by atoms with Crippen molar-refractivity contribution in [3.8, 4) is 0 Å². The van der Waals surface area contributed by atoms with Crippen molar-refractivity contribution in [2.45, 2.75) is 48.5 Å². The molecule has 0 heterocycles. The van der Waals surface area contributed by atoms with Gasteiger partial charge in [0.05, 0.1) is 12.9 Å². The highest BCUT2D eigenvalue weighted by molar-refractivity contribution is 7.88. The molecule has 7 N–H and O–H groups in total. The quantitative estimate of drug-likeness (QED) is 0.167. The fourth-order valence-electron chi connectivity index (χ4n) is 4.67. The predicted octanol–water partition coefficient (Wildman–Crippen LogP) is 5.43. The Morgan fingerprint density at radius 2 is 0.978 bits per heavy atom. The molecule has 0 atom stereocenters. The summed E-state index contributed by atoms with van der Waals surface area (Å²) in [6.45, 7) is 21.1. The molecule has 3 rings (SSSR count). The van der Waals surface area contributed by atoms with Gasteiger partial charge in [-0.25, -0.2) is 13.1 Å². The van der Waals surface area contributed by atoms with E-state index in [4.69, 9.17) is 21.9 Å². The van der Waals surface area contributed by atoms with Crippen molar-refractivity contribution in [3.63, 3.8) is 0 Å². The molecular weight excluding hydrogens is 598 g/mol. The Bertz CT molecular complexity index is 1430. The minimum absolute atomic E-state index is 0.399. The third-order valence-electron chi connectivity index (χ3n) is 7.69. The maximum atomic E-state index is 11.0. The highest BCUT2D eigenvalue weighted by Gasteiger charge is 2.08. The van der Waals surface area contributed by atoms with Crippen molar-refractivity contribution >= 4 is 44.1 Å². The second-order valence-corrected chi connectivity index (χ2v) is 12.9. The molecule has 3 aromatic carbocycles. The third kappa shape index (κ3) is 14.2. The number of methoxy groups -OCH3 is 1. The Balaban J connectivity index is 0.000000350. The van der Waals surface area contributed by atoms with Gasteiger partial charge in [-0.3, -0.25) is 0 Å². The molecule has 0 saturated carbocycles. The molecule has 258 valence electrons. The van der Waals surface area contributed by atoms with Crippen LogP contribution in [0, 0.1) is 20.8 Å². The van der Waals surface area contributed by atoms with Crippen LogP contribution < -0.4 is 36.6 Å². The van der Waals surface area contributed by atoms with Gasteiger partial charge >= 0.3 is 0 Å². The van der Waals surface area contributed by atoms with E-state index in [0.29, 0.717) is 13.1 Å². The molecule has 0 unspecified atom stereocenters. The van der Waals surface area contributed by atoms with E-state index < -0.39 is 10.0 Å². The van der Waals surface area contributed by atoms with Crippen molar-refractivity contribution in [1.82, 2.24) is 4.72 Å². The molecule has 0 fully saturated rings. The zero-order chi connectivity index (χ0) is 34.9. The van der Waals surface area contributed by atoms with E-state index in [1.807, 2.05) is 58.0 Å². The molecule has 0 spiro atoms. The lowest BCUT2D eigenvalue weighted by Gasteiger charge is -2.23. The Morgan fingerprint density at radius 3 is 1.28 bits per heavy atom. The highest BCUT2D eigenvalue weighted by Crippen LogP contribution is 2.22. The minimum Gasteiger partial charge on any atom is -0.399 e. The molecule has 0 bridgehead atoms. The molecule has 0 amide bonds. The summed E-state index contributed by atoms with van der Waals surface area (Å²) in [7, 11) is -1.40. The van der Waals surface area contributed by atoms with E-state index in [9.17, 15) is 8.42 Å². The first-order chi connectivity index (χ1) is 21.7. The van der Waals surface area contributed by atoms with Gasteiger partial charge in [0.1, 0.15) is 0 Å². The van der Waals surface area contributed by atoms with Crippen LogP contribution in [0.4, 0.5) is 34.1 Å². The van der Waals surface area contributed by atoms with Crippen LogP contribution in [0.3, 0.4) is 0 Å². The topological polar surface area (TPSA) is 143 Å². The first kappa shape index (κ1) is 40.4. The summed E-state index contributed by atoms with van der Waals surface area (Å²) in [4.78, 5) is 6.69. The van der Waals surface area contributed by atoms with Crippen molar-refractivity contribution < 1.29 is 13.2 Å². The highest BCUT2D eigenvalue weighted by atomic mass is 32.2. The van der Waals surface area contributed by atoms with Gasteiger partial charge in [-0.15, -0.1) is 0 Å². The maximum Gasteiger partial charge on any atom is 0.208 e. The van der Waals surface area contributed by atoms with Crippen LogP contribution in [0.2, 0.25) is 0 Å². The zero-order valence-corrected chi connectivity index (χ0v) is 30.4. The summed E-state index contributed by atoms with van der Waals surface area (Å²) in [6.07, 6.45) is 1.16. The van der Waals surface area contributed by atoms with Gasteiger partial charge < -0.3 is 36.6 Å². The van der Waals surface area contributed by atoms with E-state index in [-0.39, 0.29) is 0 Å². The largest absolute Gasteiger partial charge is 0.399 e. The van der Waals surface area contributed by atoms with Gasteiger partial charge in [-0.05, 0) is 120 Å². The molecule has 0 aliphatic heterocycles. The number of ether oxygens (including phenoxy) is 1. The fourth-order valence-corrected chi connectivity index (χ4v) is 5.13. The minimum atomic E-state index is -3.12. The molecule has 46 heavy (non-hydrogen) atoms. The Morgan fingerprint density at radius 1 is 0.630 bits per heavy atom. The SMILES string of the molecule is CCN(CC)c1ccc(N)c(C)c1.CCN(CCNS(C)(=O)=O)c1ccc(N)c(C)c1.CCN(CCOC)c1ccc(N)c(C)c1. The van der Waals surface area contributed by atoms with Crippen LogP contribution in [-0.4, -0.2) is 74.2 Å². The van der Waals surface area contributed by atoms with E-state index in [1.165, 1.54) is 11.4 Å². The second-order valence-electron chi connectivity index (χ2n) is 11.1. The van der Waals surface area contributed by atoms with Crippen molar-refractivity contribution in [1.29, 1.82) is 0 Å². The number of aryl methyl sites for hydroxylation is 3. The summed E-state index contributed by atoms with van der Waals surface area (Å²) in [5, 5.41) is 0. The smallest absolute Gasteiger partial charge is 0.208 e. The fraction of sp³-hybridized carbons (Fsp3) is 0.486. The first-order valence-electron chi connectivity index (χ1n) is 16.0. The van der Waals surface area contributed by atoms with Gasteiger partial charge in [0, 0.05) is 87.0 Å². The van der Waals surface area contributed by atoms with Crippen molar-refractivity contribution in [3.05, 3.63) is 71.3 Å². The Labute approximate surface area is 278 Å².